The van der Waals surface area contributed by atoms with Crippen LogP contribution < -0.4 is 76.9 Å². The maximum atomic E-state index is 14.9. The SMILES string of the molecule is CCN(CCC[C@H](NC(=O)[C@@H](CC(C)C)NC(=O)[C@H](CCCN=C(N)N)N(C)C(=O)[C@H](CCCN=C(N)N)NC(=O)[C@H](CC(C)C)NC(=O)[C@H](Cc1ccccc1)NC(=O)CNC(=O)CNC(=O)[C@H](Cc1ccc(O)cc1)NC)C(N)=O)C(=N)N. The minimum absolute atomic E-state index is 0.0373. The normalized spacial score (nSPS) is 13.4. The van der Waals surface area contributed by atoms with Crippen molar-refractivity contribution in [2.45, 2.75) is 141 Å². The fourth-order valence-electron chi connectivity index (χ4n) is 8.90. The zero-order valence-corrected chi connectivity index (χ0v) is 50.1. The highest BCUT2D eigenvalue weighted by molar-refractivity contribution is 5.97. The number of aliphatic imine (C=N–C) groups is 2. The average molecular weight is 1190 g/mol. The Hall–Kier alpha value is -8.76. The van der Waals surface area contributed by atoms with Crippen LogP contribution in [0, 0.1) is 17.2 Å². The van der Waals surface area contributed by atoms with Crippen molar-refractivity contribution in [1.82, 2.24) is 52.3 Å². The first-order valence-corrected chi connectivity index (χ1v) is 28.5. The Morgan fingerprint density at radius 1 is 0.565 bits per heavy atom. The Morgan fingerprint density at radius 3 is 1.56 bits per heavy atom. The molecule has 0 saturated heterocycles. The third-order valence-corrected chi connectivity index (χ3v) is 13.4. The van der Waals surface area contributed by atoms with Crippen molar-refractivity contribution >= 4 is 71.0 Å². The van der Waals surface area contributed by atoms with Gasteiger partial charge in [0.25, 0.3) is 0 Å². The largest absolute Gasteiger partial charge is 0.508 e. The van der Waals surface area contributed by atoms with Crippen LogP contribution in [0.4, 0.5) is 0 Å². The van der Waals surface area contributed by atoms with Gasteiger partial charge in [0.2, 0.25) is 53.2 Å². The first-order chi connectivity index (χ1) is 40.1. The van der Waals surface area contributed by atoms with Crippen LogP contribution in [-0.2, 0) is 56.0 Å². The third kappa shape index (κ3) is 28.4. The van der Waals surface area contributed by atoms with Crippen molar-refractivity contribution in [3.8, 4) is 5.75 Å². The molecule has 0 aliphatic rings. The predicted molar refractivity (Wildman–Crippen MR) is 323 cm³/mol. The van der Waals surface area contributed by atoms with Gasteiger partial charge in [0.1, 0.15) is 42.0 Å². The minimum atomic E-state index is -1.36. The lowest BCUT2D eigenvalue weighted by Gasteiger charge is -2.33. The van der Waals surface area contributed by atoms with Gasteiger partial charge in [0.05, 0.1) is 19.1 Å². The second-order valence-corrected chi connectivity index (χ2v) is 21.4. The molecule has 0 aromatic heterocycles. The Balaban J connectivity index is 2.43. The van der Waals surface area contributed by atoms with Gasteiger partial charge >= 0.3 is 0 Å². The number of hydrogen-bond acceptors (Lipinski definition) is 14. The van der Waals surface area contributed by atoms with Gasteiger partial charge < -0.3 is 91.8 Å². The van der Waals surface area contributed by atoms with Gasteiger partial charge in [-0.25, -0.2) is 0 Å². The average Bonchev–Trinajstić information content (AvgIpc) is 3.65. The van der Waals surface area contributed by atoms with Gasteiger partial charge in [0, 0.05) is 39.6 Å². The Bertz CT molecular complexity index is 2560. The number of carbonyl (C=O) groups excluding carboxylic acids is 9. The summed E-state index contributed by atoms with van der Waals surface area (Å²) < 4.78 is 0. The first-order valence-electron chi connectivity index (χ1n) is 28.5. The lowest BCUT2D eigenvalue weighted by molar-refractivity contribution is -0.143. The van der Waals surface area contributed by atoms with Crippen LogP contribution in [0.3, 0.4) is 0 Å². The number of hydrogen-bond donors (Lipinski definition) is 16. The number of nitrogens with two attached hydrogens (primary N) is 6. The Labute approximate surface area is 497 Å². The molecule has 0 fully saturated rings. The number of nitrogens with one attached hydrogen (secondary N) is 9. The van der Waals surface area contributed by atoms with Crippen LogP contribution in [0.1, 0.15) is 97.1 Å². The molecule has 472 valence electrons. The number of guanidine groups is 3. The summed E-state index contributed by atoms with van der Waals surface area (Å²) in [7, 11) is 2.94. The molecular formula is C56H93N19O10. The molecule has 22 N–H and O–H groups in total. The third-order valence-electron chi connectivity index (χ3n) is 13.4. The van der Waals surface area contributed by atoms with E-state index in [9.17, 15) is 48.3 Å². The molecule has 2 rings (SSSR count). The second-order valence-electron chi connectivity index (χ2n) is 21.4. The maximum absolute atomic E-state index is 14.9. The lowest BCUT2D eigenvalue weighted by Crippen LogP contribution is -2.60. The van der Waals surface area contributed by atoms with Crippen molar-refractivity contribution in [1.29, 1.82) is 5.41 Å². The van der Waals surface area contributed by atoms with Gasteiger partial charge in [-0.15, -0.1) is 0 Å². The molecule has 2 aromatic rings. The van der Waals surface area contributed by atoms with Gasteiger partial charge in [-0.2, -0.15) is 0 Å². The number of primary amides is 1. The molecule has 7 atom stereocenters. The van der Waals surface area contributed by atoms with E-state index < -0.39 is 109 Å². The van der Waals surface area contributed by atoms with Crippen LogP contribution >= 0.6 is 0 Å². The summed E-state index contributed by atoms with van der Waals surface area (Å²) in [6.45, 7) is 8.89. The van der Waals surface area contributed by atoms with E-state index in [0.29, 0.717) is 25.1 Å². The number of amides is 9. The molecule has 0 bridgehead atoms. The molecule has 0 radical (unpaired) electrons. The van der Waals surface area contributed by atoms with E-state index >= 15 is 0 Å². The number of aromatic hydroxyl groups is 1. The van der Waals surface area contributed by atoms with E-state index in [1.54, 1.807) is 54.4 Å². The quantitative estimate of drug-likeness (QED) is 0.0179. The smallest absolute Gasteiger partial charge is 0.245 e. The number of likely N-dealkylation sites (N-methyl/N-ethyl adjacent to an activating group) is 2. The van der Waals surface area contributed by atoms with Crippen LogP contribution in [-0.4, -0.2) is 182 Å². The summed E-state index contributed by atoms with van der Waals surface area (Å²) in [4.78, 5) is 135. The molecule has 2 aromatic carbocycles. The van der Waals surface area contributed by atoms with Crippen LogP contribution in [0.5, 0.6) is 5.75 Å². The van der Waals surface area contributed by atoms with E-state index in [2.05, 4.69) is 52.5 Å². The van der Waals surface area contributed by atoms with Gasteiger partial charge in [0.15, 0.2) is 17.9 Å². The summed E-state index contributed by atoms with van der Waals surface area (Å²) >= 11 is 0. The zero-order valence-electron chi connectivity index (χ0n) is 50.1. The predicted octanol–water partition coefficient (Wildman–Crippen LogP) is -3.07. The van der Waals surface area contributed by atoms with Crippen LogP contribution in [0.2, 0.25) is 0 Å². The van der Waals surface area contributed by atoms with E-state index in [4.69, 9.17) is 39.8 Å². The highest BCUT2D eigenvalue weighted by Crippen LogP contribution is 2.16. The fourth-order valence-corrected chi connectivity index (χ4v) is 8.90. The maximum Gasteiger partial charge on any atom is 0.245 e. The molecular weight excluding hydrogens is 1100 g/mol. The lowest BCUT2D eigenvalue weighted by atomic mass is 9.99. The molecule has 0 heterocycles. The summed E-state index contributed by atoms with van der Waals surface area (Å²) in [6.07, 6.45) is 1.05. The zero-order chi connectivity index (χ0) is 63.8. The minimum Gasteiger partial charge on any atom is -0.508 e. The second kappa shape index (κ2) is 38.2. The summed E-state index contributed by atoms with van der Waals surface area (Å²) in [5, 5.41) is 38.8. The van der Waals surface area contributed by atoms with Crippen LogP contribution in [0.15, 0.2) is 64.6 Å². The topological polar surface area (TPSA) is 481 Å². The summed E-state index contributed by atoms with van der Waals surface area (Å²) in [5.74, 6) is -7.42. The number of benzene rings is 2. The molecule has 9 amide bonds. The number of rotatable bonds is 39. The highest BCUT2D eigenvalue weighted by atomic mass is 16.3. The molecule has 0 unspecified atom stereocenters. The van der Waals surface area contributed by atoms with Crippen molar-refractivity contribution in [2.24, 2.45) is 56.2 Å². The summed E-state index contributed by atoms with van der Waals surface area (Å²) in [5.41, 5.74) is 35.1. The fraction of sp³-hybridized carbons (Fsp3) is 0.571. The standard InChI is InChI=1S/C56H93N19O10/c1-8-75(56(62)63)26-14-18-38(47(57)79)70-49(81)42(28-34(4)5)73-52(84)44(19-13-25-66-55(60)61)74(7)53(85)39(17-12-24-65-54(58)59)71-50(82)41(27-33(2)3)72-51(83)43(30-35-15-10-9-11-16-35)69-46(78)32-67-45(77)31-68-48(80)40(64-6)29-36-20-22-37(76)23-21-36/h9-11,15-16,20-23,33-34,38-44,64,76H,8,12-14,17-19,24-32H2,1-7H3,(H2,57,79)(H3,62,63)(H,67,77)(H,68,80)(H,69,78)(H,70,81)(H,71,82)(H,72,83)(H,73,84)(H4,58,59,65)(H4,60,61,66)/t38-,39-,40-,41-,42+,43-,44-/m0/s1. The van der Waals surface area contributed by atoms with E-state index in [0.717, 1.165) is 10.5 Å². The van der Waals surface area contributed by atoms with Crippen molar-refractivity contribution < 1.29 is 48.3 Å². The monoisotopic (exact) mass is 1190 g/mol. The van der Waals surface area contributed by atoms with Crippen LogP contribution in [0.25, 0.3) is 0 Å². The summed E-state index contributed by atoms with van der Waals surface area (Å²) in [6, 6.07) is 6.71. The molecule has 85 heavy (non-hydrogen) atoms. The molecule has 29 nitrogen and oxygen atoms in total. The van der Waals surface area contributed by atoms with Crippen molar-refractivity contribution in [3.05, 3.63) is 65.7 Å². The van der Waals surface area contributed by atoms with Gasteiger partial charge in [-0.3, -0.25) is 58.5 Å². The first kappa shape index (κ1) is 72.3. The van der Waals surface area contributed by atoms with E-state index in [-0.39, 0.29) is 106 Å². The number of phenols is 1. The molecule has 0 aliphatic heterocycles. The number of carbonyl (C=O) groups is 9. The molecule has 0 spiro atoms. The Kier molecular flexibility index (Phi) is 32.5. The molecule has 0 aliphatic carbocycles. The van der Waals surface area contributed by atoms with E-state index in [1.165, 1.54) is 19.2 Å². The van der Waals surface area contributed by atoms with Gasteiger partial charge in [-0.1, -0.05) is 70.2 Å². The molecule has 0 saturated carbocycles. The van der Waals surface area contributed by atoms with Crippen molar-refractivity contribution in [3.63, 3.8) is 0 Å². The van der Waals surface area contributed by atoms with Crippen molar-refractivity contribution in [2.75, 3.05) is 53.4 Å². The Morgan fingerprint density at radius 2 is 1.05 bits per heavy atom. The van der Waals surface area contributed by atoms with E-state index in [1.807, 2.05) is 34.6 Å². The number of phenolic OH excluding ortho intramolecular Hbond substituents is 1. The number of nitrogens with zero attached hydrogens (tertiary/aromatic N) is 4. The molecule has 29 heteroatoms. The highest BCUT2D eigenvalue weighted by Gasteiger charge is 2.37. The van der Waals surface area contributed by atoms with Gasteiger partial charge in [-0.05, 0) is 107 Å².